The third-order valence-corrected chi connectivity index (χ3v) is 3.56. The summed E-state index contributed by atoms with van der Waals surface area (Å²) in [6, 6.07) is 0.133. The van der Waals surface area contributed by atoms with Crippen LogP contribution in [0.2, 0.25) is 0 Å². The topological polar surface area (TPSA) is 64.2 Å². The first kappa shape index (κ1) is 13.1. The van der Waals surface area contributed by atoms with Crippen LogP contribution in [0, 0.1) is 12.8 Å². The zero-order chi connectivity index (χ0) is 13.1. The van der Waals surface area contributed by atoms with Crippen molar-refractivity contribution in [1.29, 1.82) is 0 Å². The fourth-order valence-corrected chi connectivity index (χ4v) is 2.57. The summed E-state index contributed by atoms with van der Waals surface area (Å²) in [5.74, 6) is 0.575. The van der Waals surface area contributed by atoms with Crippen LogP contribution in [0.15, 0.2) is 12.4 Å². The molecule has 2 heterocycles. The Morgan fingerprint density at radius 3 is 2.94 bits per heavy atom. The number of nitrogens with zero attached hydrogens (tertiary/aromatic N) is 3. The van der Waals surface area contributed by atoms with Crippen molar-refractivity contribution < 1.29 is 4.79 Å². The molecule has 1 aliphatic rings. The number of aryl methyl sites for hydroxylation is 1. The second-order valence-corrected chi connectivity index (χ2v) is 5.23. The fourth-order valence-electron chi connectivity index (χ4n) is 2.57. The summed E-state index contributed by atoms with van der Waals surface area (Å²) in [6.07, 6.45) is 5.88. The molecule has 0 aliphatic carbocycles. The van der Waals surface area contributed by atoms with Gasteiger partial charge in [0.2, 0.25) is 5.91 Å². The molecule has 0 spiro atoms. The maximum absolute atomic E-state index is 12.1. The quantitative estimate of drug-likeness (QED) is 0.858. The standard InChI is InChI=1S/C13H22N4O/c1-3-4-11-7-16(8-12(11)14)13(18)9-17-6-10(2)5-15-17/h5-6,11-12H,3-4,7-9,14H2,1-2H3/t11-,12-/m1/s1. The largest absolute Gasteiger partial charge is 0.339 e. The maximum Gasteiger partial charge on any atom is 0.244 e. The van der Waals surface area contributed by atoms with Gasteiger partial charge in [-0.05, 0) is 24.8 Å². The van der Waals surface area contributed by atoms with Crippen molar-refractivity contribution in [1.82, 2.24) is 14.7 Å². The average molecular weight is 250 g/mol. The molecule has 1 fully saturated rings. The fraction of sp³-hybridized carbons (Fsp3) is 0.692. The van der Waals surface area contributed by atoms with E-state index in [1.165, 1.54) is 0 Å². The zero-order valence-corrected chi connectivity index (χ0v) is 11.2. The summed E-state index contributed by atoms with van der Waals surface area (Å²) in [6.45, 7) is 5.93. The van der Waals surface area contributed by atoms with Crippen molar-refractivity contribution in [2.45, 2.75) is 39.3 Å². The van der Waals surface area contributed by atoms with Gasteiger partial charge in [-0.3, -0.25) is 9.48 Å². The normalized spacial score (nSPS) is 23.6. The van der Waals surface area contributed by atoms with Gasteiger partial charge in [0.1, 0.15) is 6.54 Å². The summed E-state index contributed by atoms with van der Waals surface area (Å²) in [5, 5.41) is 4.14. The molecule has 0 radical (unpaired) electrons. The van der Waals surface area contributed by atoms with Gasteiger partial charge >= 0.3 is 0 Å². The second kappa shape index (κ2) is 5.52. The number of amides is 1. The van der Waals surface area contributed by atoms with Crippen molar-refractivity contribution >= 4 is 5.91 Å². The van der Waals surface area contributed by atoms with Gasteiger partial charge in [-0.15, -0.1) is 0 Å². The van der Waals surface area contributed by atoms with E-state index in [-0.39, 0.29) is 11.9 Å². The lowest BCUT2D eigenvalue weighted by Crippen LogP contribution is -2.34. The molecular weight excluding hydrogens is 228 g/mol. The first-order valence-corrected chi connectivity index (χ1v) is 6.62. The van der Waals surface area contributed by atoms with Crippen molar-refractivity contribution in [2.24, 2.45) is 11.7 Å². The Bertz CT molecular complexity index is 415. The van der Waals surface area contributed by atoms with E-state index < -0.39 is 0 Å². The Morgan fingerprint density at radius 1 is 1.56 bits per heavy atom. The lowest BCUT2D eigenvalue weighted by Gasteiger charge is -2.16. The van der Waals surface area contributed by atoms with Crippen molar-refractivity contribution in [3.8, 4) is 0 Å². The highest BCUT2D eigenvalue weighted by Gasteiger charge is 2.32. The van der Waals surface area contributed by atoms with Crippen LogP contribution in [0.3, 0.4) is 0 Å². The molecule has 1 aromatic heterocycles. The first-order chi connectivity index (χ1) is 8.60. The molecule has 1 amide bonds. The minimum atomic E-state index is 0.118. The van der Waals surface area contributed by atoms with E-state index in [2.05, 4.69) is 12.0 Å². The van der Waals surface area contributed by atoms with Gasteiger partial charge in [0.15, 0.2) is 0 Å². The molecule has 0 saturated carbocycles. The number of nitrogens with two attached hydrogens (primary N) is 1. The zero-order valence-electron chi connectivity index (χ0n) is 11.2. The molecule has 18 heavy (non-hydrogen) atoms. The number of carbonyl (C=O) groups is 1. The Hall–Kier alpha value is -1.36. The lowest BCUT2D eigenvalue weighted by molar-refractivity contribution is -0.131. The van der Waals surface area contributed by atoms with Gasteiger partial charge in [0.05, 0.1) is 6.20 Å². The number of rotatable bonds is 4. The van der Waals surface area contributed by atoms with E-state index in [0.29, 0.717) is 19.0 Å². The Balaban J connectivity index is 1.90. The molecule has 2 rings (SSSR count). The lowest BCUT2D eigenvalue weighted by atomic mass is 9.99. The van der Waals surface area contributed by atoms with Crippen LogP contribution in [0.5, 0.6) is 0 Å². The van der Waals surface area contributed by atoms with Crippen LogP contribution in [-0.4, -0.2) is 39.7 Å². The molecule has 2 N–H and O–H groups in total. The van der Waals surface area contributed by atoms with Gasteiger partial charge in [0.25, 0.3) is 0 Å². The SMILES string of the molecule is CCC[C@@H]1CN(C(=O)Cn2cc(C)cn2)C[C@H]1N. The molecule has 1 aliphatic heterocycles. The van der Waals surface area contributed by atoms with Crippen LogP contribution in [0.1, 0.15) is 25.3 Å². The van der Waals surface area contributed by atoms with E-state index >= 15 is 0 Å². The van der Waals surface area contributed by atoms with Crippen LogP contribution in [0.25, 0.3) is 0 Å². The smallest absolute Gasteiger partial charge is 0.244 e. The van der Waals surface area contributed by atoms with Crippen LogP contribution >= 0.6 is 0 Å². The molecular formula is C13H22N4O. The molecule has 5 nitrogen and oxygen atoms in total. The molecule has 1 aromatic rings. The summed E-state index contributed by atoms with van der Waals surface area (Å²) in [4.78, 5) is 14.0. The number of likely N-dealkylation sites (tertiary alicyclic amines) is 1. The van der Waals surface area contributed by atoms with E-state index in [1.807, 2.05) is 18.0 Å². The van der Waals surface area contributed by atoms with E-state index in [4.69, 9.17) is 5.73 Å². The van der Waals surface area contributed by atoms with Crippen molar-refractivity contribution in [3.63, 3.8) is 0 Å². The Morgan fingerprint density at radius 2 is 2.33 bits per heavy atom. The number of hydrogen-bond donors (Lipinski definition) is 1. The van der Waals surface area contributed by atoms with Crippen LogP contribution in [0.4, 0.5) is 0 Å². The van der Waals surface area contributed by atoms with Gasteiger partial charge < -0.3 is 10.6 Å². The first-order valence-electron chi connectivity index (χ1n) is 6.62. The van der Waals surface area contributed by atoms with E-state index in [0.717, 1.165) is 24.9 Å². The molecule has 0 aromatic carbocycles. The molecule has 2 atom stereocenters. The number of hydrogen-bond acceptors (Lipinski definition) is 3. The van der Waals surface area contributed by atoms with Gasteiger partial charge in [-0.2, -0.15) is 5.10 Å². The minimum absolute atomic E-state index is 0.118. The maximum atomic E-state index is 12.1. The van der Waals surface area contributed by atoms with Gasteiger partial charge in [-0.25, -0.2) is 0 Å². The number of aromatic nitrogens is 2. The molecule has 1 saturated heterocycles. The van der Waals surface area contributed by atoms with Gasteiger partial charge in [-0.1, -0.05) is 13.3 Å². The van der Waals surface area contributed by atoms with Gasteiger partial charge in [0, 0.05) is 25.3 Å². The van der Waals surface area contributed by atoms with Crippen molar-refractivity contribution in [2.75, 3.05) is 13.1 Å². The summed E-state index contributed by atoms with van der Waals surface area (Å²) in [7, 11) is 0. The highest BCUT2D eigenvalue weighted by atomic mass is 16.2. The van der Waals surface area contributed by atoms with Crippen LogP contribution < -0.4 is 5.73 Å². The third-order valence-electron chi connectivity index (χ3n) is 3.56. The Labute approximate surface area is 108 Å². The predicted molar refractivity (Wildman–Crippen MR) is 69.9 cm³/mol. The number of carbonyl (C=O) groups excluding carboxylic acids is 1. The molecule has 0 unspecified atom stereocenters. The minimum Gasteiger partial charge on any atom is -0.339 e. The second-order valence-electron chi connectivity index (χ2n) is 5.23. The summed E-state index contributed by atoms with van der Waals surface area (Å²) in [5.41, 5.74) is 7.15. The van der Waals surface area contributed by atoms with E-state index in [1.54, 1.807) is 10.9 Å². The highest BCUT2D eigenvalue weighted by molar-refractivity contribution is 5.76. The van der Waals surface area contributed by atoms with Crippen molar-refractivity contribution in [3.05, 3.63) is 18.0 Å². The average Bonchev–Trinajstić information content (AvgIpc) is 2.87. The molecule has 100 valence electrons. The summed E-state index contributed by atoms with van der Waals surface area (Å²) < 4.78 is 1.69. The monoisotopic (exact) mass is 250 g/mol. The van der Waals surface area contributed by atoms with E-state index in [9.17, 15) is 4.79 Å². The molecule has 0 bridgehead atoms. The summed E-state index contributed by atoms with van der Waals surface area (Å²) >= 11 is 0. The molecule has 5 heteroatoms. The Kier molecular flexibility index (Phi) is 4.01. The highest BCUT2D eigenvalue weighted by Crippen LogP contribution is 2.20. The third kappa shape index (κ3) is 2.90. The van der Waals surface area contributed by atoms with Crippen LogP contribution in [-0.2, 0) is 11.3 Å². The predicted octanol–water partition coefficient (Wildman–Crippen LogP) is 0.777.